The summed E-state index contributed by atoms with van der Waals surface area (Å²) in [7, 11) is 1.69. The average molecular weight is 270 g/mol. The first-order valence-electron chi connectivity index (χ1n) is 6.54. The molecule has 1 aliphatic rings. The summed E-state index contributed by atoms with van der Waals surface area (Å²) in [4.78, 5) is 0. The maximum absolute atomic E-state index is 13.6. The predicted molar refractivity (Wildman–Crippen MR) is 69.4 cm³/mol. The van der Waals surface area contributed by atoms with Gasteiger partial charge in [-0.25, -0.2) is 8.78 Å². The minimum atomic E-state index is -0.821. The third-order valence-corrected chi connectivity index (χ3v) is 4.05. The van der Waals surface area contributed by atoms with E-state index in [9.17, 15) is 8.78 Å². The Morgan fingerprint density at radius 2 is 2.16 bits per heavy atom. The van der Waals surface area contributed by atoms with E-state index < -0.39 is 11.6 Å². The molecule has 3 nitrogen and oxygen atoms in total. The highest BCUT2D eigenvalue weighted by Crippen LogP contribution is 2.39. The highest BCUT2D eigenvalue weighted by Gasteiger charge is 2.38. The fourth-order valence-corrected chi connectivity index (χ4v) is 2.67. The number of hydrogen-bond acceptors (Lipinski definition) is 3. The molecule has 3 N–H and O–H groups in total. The van der Waals surface area contributed by atoms with E-state index in [1.807, 2.05) is 0 Å². The molecule has 5 heteroatoms. The van der Waals surface area contributed by atoms with Crippen LogP contribution in [0.2, 0.25) is 0 Å². The second-order valence-electron chi connectivity index (χ2n) is 5.23. The van der Waals surface area contributed by atoms with Crippen LogP contribution in [0.1, 0.15) is 31.2 Å². The van der Waals surface area contributed by atoms with Crippen molar-refractivity contribution < 1.29 is 13.5 Å². The molecule has 0 radical (unpaired) electrons. The van der Waals surface area contributed by atoms with Crippen LogP contribution in [0.15, 0.2) is 18.2 Å². The van der Waals surface area contributed by atoms with Gasteiger partial charge in [0.2, 0.25) is 0 Å². The summed E-state index contributed by atoms with van der Waals surface area (Å²) in [6.07, 6.45) is 4.18. The van der Waals surface area contributed by atoms with Crippen LogP contribution in [0.5, 0.6) is 0 Å². The smallest absolute Gasteiger partial charge is 0.162 e. The maximum Gasteiger partial charge on any atom is 0.162 e. The third-order valence-electron chi connectivity index (χ3n) is 4.05. The van der Waals surface area contributed by atoms with Crippen LogP contribution in [-0.2, 0) is 11.2 Å². The van der Waals surface area contributed by atoms with Crippen LogP contribution in [0.25, 0.3) is 0 Å². The van der Waals surface area contributed by atoms with Gasteiger partial charge in [-0.15, -0.1) is 0 Å². The molecule has 1 unspecified atom stereocenters. The SMILES string of the molecule is COC1(CC(Cc2cccc(F)c2F)NN)CCC1. The molecular formula is C14H20F2N2O. The fraction of sp³-hybridized carbons (Fsp3) is 0.571. The summed E-state index contributed by atoms with van der Waals surface area (Å²) < 4.78 is 32.3. The summed E-state index contributed by atoms with van der Waals surface area (Å²) in [6, 6.07) is 4.09. The van der Waals surface area contributed by atoms with Crippen molar-refractivity contribution in [3.8, 4) is 0 Å². The Bertz CT molecular complexity index is 430. The lowest BCUT2D eigenvalue weighted by Gasteiger charge is -2.42. The first-order valence-corrected chi connectivity index (χ1v) is 6.54. The highest BCUT2D eigenvalue weighted by molar-refractivity contribution is 5.20. The first-order chi connectivity index (χ1) is 9.10. The lowest BCUT2D eigenvalue weighted by Crippen LogP contribution is -2.48. The Morgan fingerprint density at radius 3 is 2.68 bits per heavy atom. The zero-order chi connectivity index (χ0) is 13.9. The van der Waals surface area contributed by atoms with Crippen LogP contribution in [-0.4, -0.2) is 18.8 Å². The van der Waals surface area contributed by atoms with Crippen LogP contribution < -0.4 is 11.3 Å². The van der Waals surface area contributed by atoms with Crippen molar-refractivity contribution in [1.29, 1.82) is 0 Å². The van der Waals surface area contributed by atoms with Crippen molar-refractivity contribution in [2.75, 3.05) is 7.11 Å². The standard InChI is InChI=1S/C14H20F2N2O/c1-19-14(6-3-7-14)9-11(18-17)8-10-4-2-5-12(15)13(10)16/h2,4-5,11,18H,3,6-9,17H2,1H3. The summed E-state index contributed by atoms with van der Waals surface area (Å²) in [6.45, 7) is 0. The summed E-state index contributed by atoms with van der Waals surface area (Å²) in [5.41, 5.74) is 2.88. The van der Waals surface area contributed by atoms with Gasteiger partial charge in [0.15, 0.2) is 11.6 Å². The van der Waals surface area contributed by atoms with Gasteiger partial charge in [0.1, 0.15) is 0 Å². The number of methoxy groups -OCH3 is 1. The van der Waals surface area contributed by atoms with Gasteiger partial charge in [-0.2, -0.15) is 0 Å². The number of rotatable bonds is 6. The molecule has 1 aromatic carbocycles. The molecule has 1 aliphatic carbocycles. The monoisotopic (exact) mass is 270 g/mol. The fourth-order valence-electron chi connectivity index (χ4n) is 2.67. The van der Waals surface area contributed by atoms with Gasteiger partial charge in [0.25, 0.3) is 0 Å². The topological polar surface area (TPSA) is 47.3 Å². The van der Waals surface area contributed by atoms with Crippen molar-refractivity contribution in [1.82, 2.24) is 5.43 Å². The Balaban J connectivity index is 2.04. The van der Waals surface area contributed by atoms with Gasteiger partial charge in [0, 0.05) is 13.2 Å². The number of hydrazine groups is 1. The lowest BCUT2D eigenvalue weighted by molar-refractivity contribution is -0.0834. The van der Waals surface area contributed by atoms with Gasteiger partial charge < -0.3 is 4.74 Å². The number of nitrogens with one attached hydrogen (secondary N) is 1. The quantitative estimate of drug-likeness (QED) is 0.616. The molecule has 0 spiro atoms. The Kier molecular flexibility index (Phi) is 4.50. The highest BCUT2D eigenvalue weighted by atomic mass is 19.2. The molecule has 2 rings (SSSR count). The molecule has 0 amide bonds. The molecule has 1 aromatic rings. The number of hydrogen-bond donors (Lipinski definition) is 2. The normalized spacial score (nSPS) is 18.9. The number of nitrogens with two attached hydrogens (primary N) is 1. The van der Waals surface area contributed by atoms with Gasteiger partial charge in [-0.1, -0.05) is 12.1 Å². The second kappa shape index (κ2) is 5.94. The van der Waals surface area contributed by atoms with Gasteiger partial charge in [-0.3, -0.25) is 11.3 Å². The van der Waals surface area contributed by atoms with E-state index in [0.29, 0.717) is 18.4 Å². The molecule has 0 heterocycles. The molecular weight excluding hydrogens is 250 g/mol. The third kappa shape index (κ3) is 3.11. The number of ether oxygens (including phenoxy) is 1. The Labute approximate surface area is 112 Å². The van der Waals surface area contributed by atoms with E-state index in [0.717, 1.165) is 25.3 Å². The molecule has 106 valence electrons. The molecule has 0 aliphatic heterocycles. The van der Waals surface area contributed by atoms with Crippen LogP contribution in [0.3, 0.4) is 0 Å². The first kappa shape index (κ1) is 14.4. The van der Waals surface area contributed by atoms with Gasteiger partial charge >= 0.3 is 0 Å². The Morgan fingerprint density at radius 1 is 1.42 bits per heavy atom. The van der Waals surface area contributed by atoms with Crippen molar-refractivity contribution in [3.63, 3.8) is 0 Å². The number of benzene rings is 1. The van der Waals surface area contributed by atoms with Crippen molar-refractivity contribution in [3.05, 3.63) is 35.4 Å². The molecule has 19 heavy (non-hydrogen) atoms. The maximum atomic E-state index is 13.6. The largest absolute Gasteiger partial charge is 0.378 e. The van der Waals surface area contributed by atoms with E-state index >= 15 is 0 Å². The van der Waals surface area contributed by atoms with Crippen molar-refractivity contribution >= 4 is 0 Å². The van der Waals surface area contributed by atoms with Crippen LogP contribution in [0, 0.1) is 11.6 Å². The minimum Gasteiger partial charge on any atom is -0.378 e. The molecule has 1 fully saturated rings. The van der Waals surface area contributed by atoms with E-state index in [1.165, 1.54) is 6.07 Å². The molecule has 0 aromatic heterocycles. The zero-order valence-corrected chi connectivity index (χ0v) is 11.1. The molecule has 0 bridgehead atoms. The molecule has 1 atom stereocenters. The van der Waals surface area contributed by atoms with E-state index in [2.05, 4.69) is 5.43 Å². The summed E-state index contributed by atoms with van der Waals surface area (Å²) in [5, 5.41) is 0. The minimum absolute atomic E-state index is 0.128. The predicted octanol–water partition coefficient (Wildman–Crippen LogP) is 2.30. The number of halogens is 2. The summed E-state index contributed by atoms with van der Waals surface area (Å²) >= 11 is 0. The molecule has 0 saturated heterocycles. The van der Waals surface area contributed by atoms with Crippen LogP contribution >= 0.6 is 0 Å². The van der Waals surface area contributed by atoms with E-state index in [1.54, 1.807) is 13.2 Å². The summed E-state index contributed by atoms with van der Waals surface area (Å²) in [5.74, 6) is 3.92. The van der Waals surface area contributed by atoms with E-state index in [4.69, 9.17) is 10.6 Å². The van der Waals surface area contributed by atoms with Crippen LogP contribution in [0.4, 0.5) is 8.78 Å². The van der Waals surface area contributed by atoms with Crippen molar-refractivity contribution in [2.24, 2.45) is 5.84 Å². The van der Waals surface area contributed by atoms with E-state index in [-0.39, 0.29) is 11.6 Å². The second-order valence-corrected chi connectivity index (χ2v) is 5.23. The Hall–Kier alpha value is -1.04. The average Bonchev–Trinajstić information content (AvgIpc) is 2.37. The zero-order valence-electron chi connectivity index (χ0n) is 11.1. The van der Waals surface area contributed by atoms with Gasteiger partial charge in [-0.05, 0) is 43.7 Å². The molecule has 1 saturated carbocycles. The lowest BCUT2D eigenvalue weighted by atomic mass is 9.75. The van der Waals surface area contributed by atoms with Crippen molar-refractivity contribution in [2.45, 2.75) is 43.7 Å². The van der Waals surface area contributed by atoms with Gasteiger partial charge in [0.05, 0.1) is 5.60 Å².